The maximum Gasteiger partial charge on any atom is 0.150 e. The van der Waals surface area contributed by atoms with E-state index in [9.17, 15) is 0 Å². The Labute approximate surface area is 98.5 Å². The summed E-state index contributed by atoms with van der Waals surface area (Å²) in [4.78, 5) is 4.52. The quantitative estimate of drug-likeness (QED) is 0.727. The fraction of sp³-hybridized carbons (Fsp3) is 0.0833. The molecule has 0 radical (unpaired) electrons. The average Bonchev–Trinajstić information content (AvgIpc) is 2.39. The number of benzene rings is 1. The van der Waals surface area contributed by atoms with E-state index in [0.29, 0.717) is 0 Å². The zero-order chi connectivity index (χ0) is 10.8. The highest BCUT2D eigenvalue weighted by Gasteiger charge is 2.14. The Hall–Kier alpha value is -1.68. The molecule has 2 aliphatic heterocycles. The van der Waals surface area contributed by atoms with Crippen LogP contribution in [-0.4, -0.2) is 5.84 Å². The summed E-state index contributed by atoms with van der Waals surface area (Å²) in [6, 6.07) is 8.25. The topological polar surface area (TPSA) is 36.4 Å². The van der Waals surface area contributed by atoms with Crippen LogP contribution in [0.3, 0.4) is 0 Å². The Morgan fingerprint density at radius 2 is 2.19 bits per heavy atom. The third-order valence-corrected chi connectivity index (χ3v) is 3.14. The zero-order valence-electron chi connectivity index (χ0n) is 8.60. The third kappa shape index (κ3) is 1.72. The Bertz CT molecular complexity index is 503. The number of fused-ring (bicyclic) bond motifs is 1. The molecule has 0 unspecified atom stereocenters. The second-order valence-corrected chi connectivity index (χ2v) is 4.29. The van der Waals surface area contributed by atoms with Crippen LogP contribution in [0, 0.1) is 0 Å². The standard InChI is InChI=1S/C12H11N3S/c1-2-5-10-9(4-1)8-13-12(14-10)11-6-3-7-16-15-11/h1-7,15H,8H2,(H,13,14). The highest BCUT2D eigenvalue weighted by atomic mass is 32.2. The summed E-state index contributed by atoms with van der Waals surface area (Å²) in [5, 5.41) is 5.34. The number of para-hydroxylation sites is 1. The van der Waals surface area contributed by atoms with E-state index < -0.39 is 0 Å². The maximum atomic E-state index is 4.52. The van der Waals surface area contributed by atoms with Crippen LogP contribution in [0.15, 0.2) is 52.5 Å². The van der Waals surface area contributed by atoms with Gasteiger partial charge < -0.3 is 10.0 Å². The molecule has 3 nitrogen and oxygen atoms in total. The molecule has 0 spiro atoms. The molecule has 0 saturated carbocycles. The lowest BCUT2D eigenvalue weighted by Crippen LogP contribution is -2.25. The van der Waals surface area contributed by atoms with Crippen LogP contribution in [0.2, 0.25) is 0 Å². The van der Waals surface area contributed by atoms with E-state index in [2.05, 4.69) is 27.2 Å². The van der Waals surface area contributed by atoms with Crippen molar-refractivity contribution in [2.24, 2.45) is 4.99 Å². The van der Waals surface area contributed by atoms with Gasteiger partial charge in [-0.1, -0.05) is 24.3 Å². The van der Waals surface area contributed by atoms with Gasteiger partial charge in [0.1, 0.15) is 5.84 Å². The van der Waals surface area contributed by atoms with Crippen LogP contribution in [-0.2, 0) is 6.54 Å². The monoisotopic (exact) mass is 229 g/mol. The summed E-state index contributed by atoms with van der Waals surface area (Å²) in [6.45, 7) is 0.742. The number of nitrogens with one attached hydrogen (secondary N) is 2. The summed E-state index contributed by atoms with van der Waals surface area (Å²) in [5.74, 6) is 0.913. The van der Waals surface area contributed by atoms with Gasteiger partial charge in [-0.2, -0.15) is 0 Å². The molecule has 0 aromatic heterocycles. The largest absolute Gasteiger partial charge is 0.338 e. The smallest absolute Gasteiger partial charge is 0.150 e. The van der Waals surface area contributed by atoms with Crippen molar-refractivity contribution < 1.29 is 0 Å². The fourth-order valence-corrected chi connectivity index (χ4v) is 2.21. The highest BCUT2D eigenvalue weighted by Crippen LogP contribution is 2.22. The number of aliphatic imine (C=N–C) groups is 1. The molecule has 16 heavy (non-hydrogen) atoms. The molecule has 2 heterocycles. The summed E-state index contributed by atoms with van der Waals surface area (Å²) in [5.41, 5.74) is 3.42. The van der Waals surface area contributed by atoms with Gasteiger partial charge in [0.15, 0.2) is 0 Å². The number of rotatable bonds is 1. The molecule has 1 aromatic carbocycles. The molecule has 2 N–H and O–H groups in total. The molecular formula is C12H11N3S. The fourth-order valence-electron chi connectivity index (χ4n) is 1.70. The Morgan fingerprint density at radius 1 is 1.25 bits per heavy atom. The van der Waals surface area contributed by atoms with E-state index in [1.54, 1.807) is 11.9 Å². The minimum atomic E-state index is 0.742. The first kappa shape index (κ1) is 9.54. The van der Waals surface area contributed by atoms with Crippen molar-refractivity contribution in [1.82, 2.24) is 4.72 Å². The molecule has 3 rings (SSSR count). The SMILES string of the molecule is C1=CSNC(C2=NCc3ccccc3N2)=C1. The molecule has 2 aliphatic rings. The van der Waals surface area contributed by atoms with Gasteiger partial charge in [-0.25, -0.2) is 0 Å². The van der Waals surface area contributed by atoms with Gasteiger partial charge in [-0.3, -0.25) is 4.99 Å². The Kier molecular flexibility index (Phi) is 2.42. The van der Waals surface area contributed by atoms with Crippen molar-refractivity contribution in [2.75, 3.05) is 5.32 Å². The molecule has 1 aromatic rings. The maximum absolute atomic E-state index is 4.52. The van der Waals surface area contributed by atoms with Crippen LogP contribution in [0.1, 0.15) is 5.56 Å². The average molecular weight is 229 g/mol. The van der Waals surface area contributed by atoms with Gasteiger partial charge in [-0.05, 0) is 35.1 Å². The van der Waals surface area contributed by atoms with Gasteiger partial charge >= 0.3 is 0 Å². The van der Waals surface area contributed by atoms with Crippen molar-refractivity contribution in [3.05, 3.63) is 53.1 Å². The first-order chi connectivity index (χ1) is 7.93. The van der Waals surface area contributed by atoms with Crippen molar-refractivity contribution in [3.63, 3.8) is 0 Å². The van der Waals surface area contributed by atoms with E-state index in [4.69, 9.17) is 0 Å². The van der Waals surface area contributed by atoms with Crippen LogP contribution in [0.25, 0.3) is 0 Å². The number of hydrogen-bond donors (Lipinski definition) is 2. The zero-order valence-corrected chi connectivity index (χ0v) is 9.42. The van der Waals surface area contributed by atoms with Crippen molar-refractivity contribution in [1.29, 1.82) is 0 Å². The third-order valence-electron chi connectivity index (χ3n) is 2.51. The summed E-state index contributed by atoms with van der Waals surface area (Å²) < 4.78 is 3.22. The first-order valence-corrected chi connectivity index (χ1v) is 6.00. The van der Waals surface area contributed by atoms with E-state index in [1.165, 1.54) is 5.56 Å². The molecule has 0 aliphatic carbocycles. The van der Waals surface area contributed by atoms with Crippen LogP contribution < -0.4 is 10.0 Å². The van der Waals surface area contributed by atoms with E-state index in [0.717, 1.165) is 23.8 Å². The van der Waals surface area contributed by atoms with Gasteiger partial charge in [0.2, 0.25) is 0 Å². The van der Waals surface area contributed by atoms with Gasteiger partial charge in [0.05, 0.1) is 12.2 Å². The molecule has 0 atom stereocenters. The summed E-state index contributed by atoms with van der Waals surface area (Å²) >= 11 is 1.56. The van der Waals surface area contributed by atoms with Gasteiger partial charge in [0.25, 0.3) is 0 Å². The molecule has 0 amide bonds. The normalized spacial score (nSPS) is 17.8. The molecular weight excluding hydrogens is 218 g/mol. The minimum Gasteiger partial charge on any atom is -0.338 e. The molecule has 4 heteroatoms. The van der Waals surface area contributed by atoms with Crippen LogP contribution >= 0.6 is 11.9 Å². The number of anilines is 1. The van der Waals surface area contributed by atoms with Crippen molar-refractivity contribution in [3.8, 4) is 0 Å². The summed E-state index contributed by atoms with van der Waals surface area (Å²) in [7, 11) is 0. The predicted octanol–water partition coefficient (Wildman–Crippen LogP) is 2.66. The number of hydrogen-bond acceptors (Lipinski definition) is 4. The van der Waals surface area contributed by atoms with Crippen molar-refractivity contribution in [2.45, 2.75) is 6.54 Å². The first-order valence-electron chi connectivity index (χ1n) is 5.12. The number of amidine groups is 1. The molecule has 80 valence electrons. The lowest BCUT2D eigenvalue weighted by atomic mass is 10.1. The molecule has 0 fully saturated rings. The van der Waals surface area contributed by atoms with Crippen LogP contribution in [0.4, 0.5) is 5.69 Å². The second kappa shape index (κ2) is 4.06. The molecule has 0 saturated heterocycles. The van der Waals surface area contributed by atoms with Crippen molar-refractivity contribution >= 4 is 23.5 Å². The van der Waals surface area contributed by atoms with E-state index in [-0.39, 0.29) is 0 Å². The lowest BCUT2D eigenvalue weighted by Gasteiger charge is -2.21. The van der Waals surface area contributed by atoms with Gasteiger partial charge in [-0.15, -0.1) is 0 Å². The van der Waals surface area contributed by atoms with Gasteiger partial charge in [0, 0.05) is 5.69 Å². The van der Waals surface area contributed by atoms with E-state index >= 15 is 0 Å². The predicted molar refractivity (Wildman–Crippen MR) is 69.2 cm³/mol. The highest BCUT2D eigenvalue weighted by molar-refractivity contribution is 8.00. The minimum absolute atomic E-state index is 0.742. The number of allylic oxidation sites excluding steroid dienone is 2. The summed E-state index contributed by atoms with van der Waals surface area (Å²) in [6.07, 6.45) is 4.04. The van der Waals surface area contributed by atoms with E-state index in [1.807, 2.05) is 29.7 Å². The lowest BCUT2D eigenvalue weighted by molar-refractivity contribution is 1.04. The number of nitrogens with zero attached hydrogens (tertiary/aromatic N) is 1. The molecule has 0 bridgehead atoms. The Balaban J connectivity index is 1.89. The van der Waals surface area contributed by atoms with Crippen LogP contribution in [0.5, 0.6) is 0 Å². The Morgan fingerprint density at radius 3 is 3.06 bits per heavy atom. The second-order valence-electron chi connectivity index (χ2n) is 3.58.